The summed E-state index contributed by atoms with van der Waals surface area (Å²) in [5, 5.41) is 9.77. The zero-order chi connectivity index (χ0) is 15.4. The fourth-order valence-electron chi connectivity index (χ4n) is 1.82. The van der Waals surface area contributed by atoms with Gasteiger partial charge in [0.1, 0.15) is 11.5 Å². The number of hydrogen-bond acceptors (Lipinski definition) is 4. The number of rotatable bonds is 5. The van der Waals surface area contributed by atoms with Crippen LogP contribution in [0.2, 0.25) is 5.02 Å². The number of hydrogen-bond donors (Lipinski definition) is 2. The molecule has 0 saturated carbocycles. The highest BCUT2D eigenvalue weighted by molar-refractivity contribution is 6.30. The Morgan fingerprint density at radius 2 is 2.05 bits per heavy atom. The number of aliphatic carboxylic acids is 1. The van der Waals surface area contributed by atoms with Crippen molar-refractivity contribution < 1.29 is 19.4 Å². The monoisotopic (exact) mass is 307 g/mol. The molecule has 110 valence electrons. The summed E-state index contributed by atoms with van der Waals surface area (Å²) in [6.45, 7) is 0. The van der Waals surface area contributed by atoms with Crippen molar-refractivity contribution in [2.75, 3.05) is 12.8 Å². The third kappa shape index (κ3) is 3.58. The lowest BCUT2D eigenvalue weighted by Gasteiger charge is -2.17. The molecule has 0 fully saturated rings. The van der Waals surface area contributed by atoms with E-state index in [4.69, 9.17) is 26.8 Å². The summed E-state index contributed by atoms with van der Waals surface area (Å²) in [6.07, 6.45) is -1.20. The van der Waals surface area contributed by atoms with Crippen molar-refractivity contribution in [2.45, 2.75) is 6.10 Å². The highest BCUT2D eigenvalue weighted by Crippen LogP contribution is 2.31. The first-order chi connectivity index (χ1) is 10.0. The summed E-state index contributed by atoms with van der Waals surface area (Å²) in [5.74, 6) is -0.301. The Labute approximate surface area is 126 Å². The topological polar surface area (TPSA) is 81.8 Å². The van der Waals surface area contributed by atoms with E-state index in [1.165, 1.54) is 7.11 Å². The van der Waals surface area contributed by atoms with Crippen molar-refractivity contribution in [2.24, 2.45) is 0 Å². The van der Waals surface area contributed by atoms with Crippen LogP contribution < -0.4 is 15.2 Å². The van der Waals surface area contributed by atoms with Gasteiger partial charge in [0, 0.05) is 16.7 Å². The summed E-state index contributed by atoms with van der Waals surface area (Å²) in [4.78, 5) is 11.4. The fraction of sp³-hybridized carbons (Fsp3) is 0.133. The van der Waals surface area contributed by atoms with Crippen molar-refractivity contribution in [1.29, 1.82) is 0 Å². The van der Waals surface area contributed by atoms with Gasteiger partial charge in [0.05, 0.1) is 12.8 Å². The molecule has 5 nitrogen and oxygen atoms in total. The Morgan fingerprint density at radius 1 is 1.29 bits per heavy atom. The number of anilines is 1. The predicted molar refractivity (Wildman–Crippen MR) is 79.9 cm³/mol. The van der Waals surface area contributed by atoms with Crippen LogP contribution in [-0.2, 0) is 4.79 Å². The van der Waals surface area contributed by atoms with Crippen LogP contribution in [0.5, 0.6) is 11.5 Å². The zero-order valence-corrected chi connectivity index (χ0v) is 12.0. The van der Waals surface area contributed by atoms with E-state index in [9.17, 15) is 9.90 Å². The Morgan fingerprint density at radius 3 is 2.62 bits per heavy atom. The van der Waals surface area contributed by atoms with Crippen LogP contribution in [0.4, 0.5) is 5.69 Å². The highest BCUT2D eigenvalue weighted by atomic mass is 35.5. The second-order valence-electron chi connectivity index (χ2n) is 4.29. The van der Waals surface area contributed by atoms with E-state index in [0.717, 1.165) is 0 Å². The second-order valence-corrected chi connectivity index (χ2v) is 4.73. The van der Waals surface area contributed by atoms with Gasteiger partial charge in [-0.2, -0.15) is 0 Å². The first-order valence-corrected chi connectivity index (χ1v) is 6.47. The summed E-state index contributed by atoms with van der Waals surface area (Å²) >= 11 is 5.88. The zero-order valence-electron chi connectivity index (χ0n) is 11.2. The highest BCUT2D eigenvalue weighted by Gasteiger charge is 2.23. The Kier molecular flexibility index (Phi) is 4.55. The molecular formula is C15H14ClNO4. The molecule has 0 aliphatic carbocycles. The van der Waals surface area contributed by atoms with Crippen molar-refractivity contribution in [3.05, 3.63) is 53.1 Å². The molecule has 0 aliphatic rings. The van der Waals surface area contributed by atoms with E-state index in [0.29, 0.717) is 22.0 Å². The molecule has 21 heavy (non-hydrogen) atoms. The minimum Gasteiger partial charge on any atom is -0.497 e. The van der Waals surface area contributed by atoms with Crippen molar-refractivity contribution in [3.63, 3.8) is 0 Å². The predicted octanol–water partition coefficient (Wildman–Crippen LogP) is 3.14. The molecule has 0 aromatic heterocycles. The van der Waals surface area contributed by atoms with Gasteiger partial charge >= 0.3 is 5.97 Å². The van der Waals surface area contributed by atoms with Crippen LogP contribution in [0.1, 0.15) is 11.7 Å². The number of ether oxygens (including phenoxy) is 2. The Bertz CT molecular complexity index is 660. The minimum absolute atomic E-state index is 0.267. The number of halogens is 1. The van der Waals surface area contributed by atoms with E-state index >= 15 is 0 Å². The lowest BCUT2D eigenvalue weighted by Crippen LogP contribution is -2.18. The maximum atomic E-state index is 11.4. The number of carbonyl (C=O) groups is 1. The molecule has 6 heteroatoms. The lowest BCUT2D eigenvalue weighted by molar-refractivity contribution is -0.145. The molecule has 0 amide bonds. The van der Waals surface area contributed by atoms with Crippen LogP contribution in [0.25, 0.3) is 0 Å². The van der Waals surface area contributed by atoms with Gasteiger partial charge in [-0.15, -0.1) is 0 Å². The normalized spacial score (nSPS) is 11.7. The third-order valence-electron chi connectivity index (χ3n) is 2.84. The Balaban J connectivity index is 2.31. The van der Waals surface area contributed by atoms with Gasteiger partial charge < -0.3 is 20.3 Å². The molecular weight excluding hydrogens is 294 g/mol. The summed E-state index contributed by atoms with van der Waals surface area (Å²) in [6, 6.07) is 11.3. The quantitative estimate of drug-likeness (QED) is 0.829. The van der Waals surface area contributed by atoms with Gasteiger partial charge in [-0.3, -0.25) is 0 Å². The third-order valence-corrected chi connectivity index (χ3v) is 3.07. The number of benzene rings is 2. The van der Waals surface area contributed by atoms with Gasteiger partial charge in [0.25, 0.3) is 0 Å². The second kappa shape index (κ2) is 6.37. The average Bonchev–Trinajstić information content (AvgIpc) is 2.45. The number of carboxylic acid groups (broad SMARTS) is 1. The molecule has 0 saturated heterocycles. The number of nitrogen functional groups attached to an aromatic ring is 1. The molecule has 0 bridgehead atoms. The number of carboxylic acids is 1. The molecule has 0 spiro atoms. The molecule has 3 N–H and O–H groups in total. The minimum atomic E-state index is -1.20. The van der Waals surface area contributed by atoms with Gasteiger partial charge in [-0.1, -0.05) is 23.7 Å². The summed E-state index contributed by atoms with van der Waals surface area (Å²) < 4.78 is 10.5. The van der Waals surface area contributed by atoms with Crippen LogP contribution in [0.15, 0.2) is 42.5 Å². The largest absolute Gasteiger partial charge is 0.497 e. The SMILES string of the molecule is COc1ccc(OC(C(=O)O)c2cccc(Cl)c2)c(N)c1. The Hall–Kier alpha value is -2.40. The van der Waals surface area contributed by atoms with E-state index < -0.39 is 12.1 Å². The summed E-state index contributed by atoms with van der Waals surface area (Å²) in [7, 11) is 1.52. The molecule has 1 atom stereocenters. The van der Waals surface area contributed by atoms with Crippen molar-refractivity contribution in [3.8, 4) is 11.5 Å². The maximum absolute atomic E-state index is 11.4. The van der Waals surface area contributed by atoms with Crippen molar-refractivity contribution >= 4 is 23.3 Å². The van der Waals surface area contributed by atoms with E-state index in [1.54, 1.807) is 42.5 Å². The fourth-order valence-corrected chi connectivity index (χ4v) is 2.02. The molecule has 0 heterocycles. The number of nitrogens with two attached hydrogens (primary N) is 1. The van der Waals surface area contributed by atoms with Gasteiger partial charge in [0.2, 0.25) is 6.10 Å². The smallest absolute Gasteiger partial charge is 0.349 e. The van der Waals surface area contributed by atoms with Gasteiger partial charge in [-0.25, -0.2) is 4.79 Å². The van der Waals surface area contributed by atoms with Gasteiger partial charge in [0.15, 0.2) is 0 Å². The molecule has 1 unspecified atom stereocenters. The first kappa shape index (κ1) is 15.0. The van der Waals surface area contributed by atoms with E-state index in [-0.39, 0.29) is 5.75 Å². The maximum Gasteiger partial charge on any atom is 0.349 e. The van der Waals surface area contributed by atoms with E-state index in [2.05, 4.69) is 0 Å². The summed E-state index contributed by atoms with van der Waals surface area (Å²) in [5.41, 5.74) is 6.56. The number of methoxy groups -OCH3 is 1. The average molecular weight is 308 g/mol. The van der Waals surface area contributed by atoms with Crippen LogP contribution in [-0.4, -0.2) is 18.2 Å². The van der Waals surface area contributed by atoms with Crippen molar-refractivity contribution in [1.82, 2.24) is 0 Å². The van der Waals surface area contributed by atoms with Crippen LogP contribution in [0, 0.1) is 0 Å². The molecule has 2 aromatic carbocycles. The molecule has 0 aliphatic heterocycles. The lowest BCUT2D eigenvalue weighted by atomic mass is 10.1. The molecule has 2 aromatic rings. The standard InChI is InChI=1S/C15H14ClNO4/c1-20-11-5-6-13(12(17)8-11)21-14(15(18)19)9-3-2-4-10(16)7-9/h2-8,14H,17H2,1H3,(H,18,19). The molecule has 2 rings (SSSR count). The molecule has 0 radical (unpaired) electrons. The van der Waals surface area contributed by atoms with Crippen LogP contribution >= 0.6 is 11.6 Å². The van der Waals surface area contributed by atoms with E-state index in [1.807, 2.05) is 0 Å². The first-order valence-electron chi connectivity index (χ1n) is 6.09. The van der Waals surface area contributed by atoms with Gasteiger partial charge in [-0.05, 0) is 24.3 Å². The van der Waals surface area contributed by atoms with Crippen LogP contribution in [0.3, 0.4) is 0 Å².